The second-order valence-corrected chi connectivity index (χ2v) is 5.31. The maximum Gasteiger partial charge on any atom is 0.478 e. The Morgan fingerprint density at radius 1 is 1.22 bits per heavy atom. The average molecular weight is 302 g/mol. The first-order valence-electron chi connectivity index (χ1n) is 4.58. The highest BCUT2D eigenvalue weighted by molar-refractivity contribution is 7.47. The van der Waals surface area contributed by atoms with Crippen molar-refractivity contribution in [2.45, 2.75) is 37.9 Å². The van der Waals surface area contributed by atoms with E-state index in [9.17, 15) is 30.9 Å². The van der Waals surface area contributed by atoms with E-state index in [1.807, 2.05) is 0 Å². The van der Waals surface area contributed by atoms with E-state index in [0.29, 0.717) is 13.8 Å². The van der Waals surface area contributed by atoms with Gasteiger partial charge < -0.3 is 4.89 Å². The molecule has 1 saturated heterocycles. The van der Waals surface area contributed by atoms with Crippen molar-refractivity contribution in [3.05, 3.63) is 0 Å². The zero-order chi connectivity index (χ0) is 14.6. The summed E-state index contributed by atoms with van der Waals surface area (Å²) in [6.45, 7) is 1.39. The van der Waals surface area contributed by atoms with Gasteiger partial charge in [0.2, 0.25) is 0 Å². The van der Waals surface area contributed by atoms with Crippen molar-refractivity contribution in [3.8, 4) is 0 Å². The van der Waals surface area contributed by atoms with E-state index in [4.69, 9.17) is 4.89 Å². The molecule has 11 heteroatoms. The van der Waals surface area contributed by atoms with Crippen molar-refractivity contribution in [1.82, 2.24) is 0 Å². The minimum absolute atomic E-state index is 0.697. The Kier molecular flexibility index (Phi) is 3.58. The lowest BCUT2D eigenvalue weighted by atomic mass is 9.93. The maximum absolute atomic E-state index is 13.9. The molecule has 18 heavy (non-hydrogen) atoms. The molecular weight excluding hydrogens is 293 g/mol. The van der Waals surface area contributed by atoms with Gasteiger partial charge in [-0.3, -0.25) is 0 Å². The number of alkyl halides is 6. The first-order valence-corrected chi connectivity index (χ1v) is 6.08. The van der Waals surface area contributed by atoms with Gasteiger partial charge in [-0.25, -0.2) is 22.4 Å². The van der Waals surface area contributed by atoms with E-state index in [2.05, 4.69) is 9.05 Å². The van der Waals surface area contributed by atoms with E-state index in [0.717, 1.165) is 0 Å². The van der Waals surface area contributed by atoms with Gasteiger partial charge >= 0.3 is 19.7 Å². The standard InChI is InChI=1S/C7H9F6O4P/c1-3(2)6(11)7(12,13)5(9,10)4(8)16-18(14,15)17-6/h3-4H,1-2H3,(H,14,15). The Labute approximate surface area is 97.5 Å². The lowest BCUT2D eigenvalue weighted by Crippen LogP contribution is -2.61. The van der Waals surface area contributed by atoms with Gasteiger partial charge in [-0.15, -0.1) is 0 Å². The Balaban J connectivity index is 3.47. The Bertz CT molecular complexity index is 388. The van der Waals surface area contributed by atoms with Crippen molar-refractivity contribution in [2.75, 3.05) is 0 Å². The van der Waals surface area contributed by atoms with Crippen molar-refractivity contribution in [1.29, 1.82) is 0 Å². The molecule has 1 heterocycles. The highest BCUT2D eigenvalue weighted by Gasteiger charge is 2.79. The summed E-state index contributed by atoms with van der Waals surface area (Å²) < 4.78 is 96.9. The number of phosphoric acid groups is 1. The van der Waals surface area contributed by atoms with Crippen LogP contribution < -0.4 is 0 Å². The molecule has 0 aliphatic carbocycles. The van der Waals surface area contributed by atoms with Crippen molar-refractivity contribution < 1.29 is 44.8 Å². The molecule has 1 aliphatic heterocycles. The van der Waals surface area contributed by atoms with Crippen LogP contribution in [0.4, 0.5) is 26.3 Å². The van der Waals surface area contributed by atoms with Crippen LogP contribution in [0.1, 0.15) is 13.8 Å². The summed E-state index contributed by atoms with van der Waals surface area (Å²) in [5, 5.41) is 0. The minimum Gasteiger partial charge on any atom is -0.302 e. The fraction of sp³-hybridized carbons (Fsp3) is 1.00. The summed E-state index contributed by atoms with van der Waals surface area (Å²) in [4.78, 5) is 8.74. The van der Waals surface area contributed by atoms with Crippen LogP contribution in [-0.2, 0) is 13.6 Å². The number of rotatable bonds is 1. The summed E-state index contributed by atoms with van der Waals surface area (Å²) in [6.07, 6.45) is -4.18. The highest BCUT2D eigenvalue weighted by Crippen LogP contribution is 2.63. The second kappa shape index (κ2) is 4.09. The fourth-order valence-electron chi connectivity index (χ4n) is 1.27. The van der Waals surface area contributed by atoms with Crippen LogP contribution in [0.2, 0.25) is 0 Å². The third-order valence-corrected chi connectivity index (χ3v) is 3.30. The van der Waals surface area contributed by atoms with Gasteiger partial charge in [0.15, 0.2) is 0 Å². The molecule has 4 nitrogen and oxygen atoms in total. The number of hydrogen-bond donors (Lipinski definition) is 1. The number of phosphoric ester groups is 1. The Morgan fingerprint density at radius 3 is 2.06 bits per heavy atom. The van der Waals surface area contributed by atoms with Gasteiger partial charge in [0.25, 0.3) is 12.2 Å². The average Bonchev–Trinajstić information content (AvgIpc) is 2.16. The third-order valence-electron chi connectivity index (χ3n) is 2.35. The molecule has 3 atom stereocenters. The molecule has 0 aromatic carbocycles. The van der Waals surface area contributed by atoms with E-state index < -0.39 is 37.8 Å². The molecule has 0 saturated carbocycles. The molecule has 0 aromatic rings. The van der Waals surface area contributed by atoms with Gasteiger partial charge in [-0.2, -0.15) is 17.6 Å². The van der Waals surface area contributed by atoms with Gasteiger partial charge in [0.05, 0.1) is 0 Å². The van der Waals surface area contributed by atoms with Crippen molar-refractivity contribution >= 4 is 7.82 Å². The zero-order valence-electron chi connectivity index (χ0n) is 9.04. The molecule has 1 rings (SSSR count). The van der Waals surface area contributed by atoms with Gasteiger partial charge in [0.1, 0.15) is 0 Å². The summed E-state index contributed by atoms with van der Waals surface area (Å²) in [6, 6.07) is 0. The summed E-state index contributed by atoms with van der Waals surface area (Å²) in [7, 11) is -5.73. The van der Waals surface area contributed by atoms with Crippen LogP contribution in [0, 0.1) is 5.92 Å². The van der Waals surface area contributed by atoms with Gasteiger partial charge in [-0.1, -0.05) is 13.8 Å². The van der Waals surface area contributed by atoms with Crippen molar-refractivity contribution in [2.24, 2.45) is 5.92 Å². The molecule has 0 spiro atoms. The maximum atomic E-state index is 13.9. The van der Waals surface area contributed by atoms with Crippen LogP contribution in [0.15, 0.2) is 0 Å². The van der Waals surface area contributed by atoms with E-state index in [1.165, 1.54) is 0 Å². The molecule has 1 fully saturated rings. The summed E-state index contributed by atoms with van der Waals surface area (Å²) in [5.41, 5.74) is 0. The van der Waals surface area contributed by atoms with E-state index in [1.54, 1.807) is 0 Å². The first kappa shape index (κ1) is 15.7. The molecule has 0 amide bonds. The quantitative estimate of drug-likeness (QED) is 0.597. The third kappa shape index (κ3) is 2.04. The monoisotopic (exact) mass is 302 g/mol. The van der Waals surface area contributed by atoms with E-state index >= 15 is 0 Å². The van der Waals surface area contributed by atoms with Crippen LogP contribution in [-0.4, -0.2) is 29.0 Å². The normalized spacial score (nSPS) is 43.8. The molecule has 0 bridgehead atoms. The van der Waals surface area contributed by atoms with Gasteiger partial charge in [-0.05, 0) is 0 Å². The lowest BCUT2D eigenvalue weighted by molar-refractivity contribution is -0.352. The number of hydrogen-bond acceptors (Lipinski definition) is 3. The van der Waals surface area contributed by atoms with Crippen LogP contribution in [0.3, 0.4) is 0 Å². The summed E-state index contributed by atoms with van der Waals surface area (Å²) in [5.74, 6) is -17.9. The van der Waals surface area contributed by atoms with Crippen molar-refractivity contribution in [3.63, 3.8) is 0 Å². The topological polar surface area (TPSA) is 55.8 Å². The fourth-order valence-corrected chi connectivity index (χ4v) is 2.34. The first-order chi connectivity index (χ1) is 7.78. The Morgan fingerprint density at radius 2 is 1.67 bits per heavy atom. The summed E-state index contributed by atoms with van der Waals surface area (Å²) >= 11 is 0. The predicted molar refractivity (Wildman–Crippen MR) is 45.5 cm³/mol. The molecule has 1 N–H and O–H groups in total. The zero-order valence-corrected chi connectivity index (χ0v) is 9.94. The van der Waals surface area contributed by atoms with Gasteiger partial charge in [0, 0.05) is 5.92 Å². The molecule has 3 unspecified atom stereocenters. The van der Waals surface area contributed by atoms with Crippen LogP contribution in [0.5, 0.6) is 0 Å². The SMILES string of the molecule is CC(C)C1(F)OP(=O)(O)OC(F)C(F)(F)C1(F)F. The molecule has 0 aromatic heterocycles. The minimum atomic E-state index is -5.73. The molecular formula is C7H9F6O4P. The molecule has 1 aliphatic rings. The smallest absolute Gasteiger partial charge is 0.302 e. The predicted octanol–water partition coefficient (Wildman–Crippen LogP) is 3.02. The second-order valence-electron chi connectivity index (χ2n) is 3.98. The molecule has 0 radical (unpaired) electrons. The lowest BCUT2D eigenvalue weighted by Gasteiger charge is -2.36. The largest absolute Gasteiger partial charge is 0.478 e. The Hall–Kier alpha value is -0.310. The van der Waals surface area contributed by atoms with Crippen LogP contribution >= 0.6 is 7.82 Å². The molecule has 108 valence electrons. The van der Waals surface area contributed by atoms with E-state index in [-0.39, 0.29) is 0 Å². The number of halogens is 6. The highest BCUT2D eigenvalue weighted by atomic mass is 31.2. The van der Waals surface area contributed by atoms with Crippen LogP contribution in [0.25, 0.3) is 0 Å².